The van der Waals surface area contributed by atoms with Gasteiger partial charge in [-0.25, -0.2) is 28.7 Å². The van der Waals surface area contributed by atoms with Crippen molar-refractivity contribution in [2.45, 2.75) is 32.2 Å². The molecule has 2 unspecified atom stereocenters. The molecule has 5 rings (SSSR count). The van der Waals surface area contributed by atoms with Crippen molar-refractivity contribution in [1.29, 1.82) is 0 Å². The van der Waals surface area contributed by atoms with E-state index in [1.54, 1.807) is 31.2 Å². The van der Waals surface area contributed by atoms with Crippen molar-refractivity contribution in [3.8, 4) is 28.6 Å². The molecule has 1 fully saturated rings. The third kappa shape index (κ3) is 8.55. The van der Waals surface area contributed by atoms with Gasteiger partial charge >= 0.3 is 18.8 Å². The lowest BCUT2D eigenvalue weighted by Gasteiger charge is -2.21. The Hall–Kier alpha value is -4.81. The number of nitrogens with zero attached hydrogens (tertiary/aromatic N) is 5. The van der Waals surface area contributed by atoms with Gasteiger partial charge < -0.3 is 9.47 Å². The number of amides is 3. The molecular formula is C29H21ClF6N6O5S. The number of aromatic nitrogens is 3. The average Bonchev–Trinajstić information content (AvgIpc) is 3.67. The molecule has 1 N–H and O–H groups in total. The van der Waals surface area contributed by atoms with Gasteiger partial charge in [-0.2, -0.15) is 9.38 Å². The molecule has 19 heteroatoms. The molecule has 0 aliphatic carbocycles. The lowest BCUT2D eigenvalue weighted by molar-refractivity contribution is -0.274. The molecule has 4 aromatic rings. The molecule has 252 valence electrons. The number of urea groups is 1. The molecule has 1 aliphatic heterocycles. The number of hydrogen-bond acceptors (Lipinski definition) is 8. The van der Waals surface area contributed by atoms with Crippen molar-refractivity contribution < 1.29 is 50.2 Å². The zero-order valence-electron chi connectivity index (χ0n) is 24.2. The molecule has 3 amide bonds. The van der Waals surface area contributed by atoms with Crippen LogP contribution in [-0.4, -0.2) is 56.8 Å². The number of aliphatic imine (C=N–C) groups is 1. The summed E-state index contributed by atoms with van der Waals surface area (Å²) in [6.45, 7) is 1.63. The van der Waals surface area contributed by atoms with Crippen LogP contribution in [0.2, 0.25) is 5.02 Å². The van der Waals surface area contributed by atoms with Gasteiger partial charge in [-0.15, -0.1) is 18.3 Å². The number of rotatable bonds is 10. The molecule has 1 saturated heterocycles. The molecule has 1 aromatic heterocycles. The number of thioether (sulfide) groups is 1. The van der Waals surface area contributed by atoms with Gasteiger partial charge in [-0.05, 0) is 55.0 Å². The maximum absolute atomic E-state index is 13.7. The average molecular weight is 715 g/mol. The number of alkyl halides is 6. The largest absolute Gasteiger partial charge is 0.573 e. The van der Waals surface area contributed by atoms with E-state index in [-0.39, 0.29) is 27.4 Å². The van der Waals surface area contributed by atoms with E-state index in [9.17, 15) is 35.9 Å². The quantitative estimate of drug-likeness (QED) is 0.135. The molecule has 48 heavy (non-hydrogen) atoms. The van der Waals surface area contributed by atoms with Crippen LogP contribution >= 0.6 is 23.4 Å². The van der Waals surface area contributed by atoms with Crippen LogP contribution in [0.1, 0.15) is 18.6 Å². The lowest BCUT2D eigenvalue weighted by atomic mass is 10.1. The van der Waals surface area contributed by atoms with Crippen molar-refractivity contribution in [3.05, 3.63) is 83.6 Å². The van der Waals surface area contributed by atoms with Crippen LogP contribution < -0.4 is 19.9 Å². The van der Waals surface area contributed by atoms with Crippen LogP contribution in [0.15, 0.2) is 78.0 Å². The number of carbonyl (C=O) groups excluding carboxylic acids is 2. The Bertz CT molecular complexity index is 1810. The number of anilines is 1. The minimum absolute atomic E-state index is 0.0822. The smallest absolute Gasteiger partial charge is 0.452 e. The first-order valence-electron chi connectivity index (χ1n) is 13.5. The number of nitrogens with one attached hydrogen (secondary N) is 1. The zero-order valence-corrected chi connectivity index (χ0v) is 25.8. The van der Waals surface area contributed by atoms with Gasteiger partial charge in [0.1, 0.15) is 23.9 Å². The molecule has 0 spiro atoms. The molecular weight excluding hydrogens is 694 g/mol. The van der Waals surface area contributed by atoms with Crippen molar-refractivity contribution in [1.82, 2.24) is 20.2 Å². The highest BCUT2D eigenvalue weighted by atomic mass is 35.5. The zero-order chi connectivity index (χ0) is 34.6. The first kappa shape index (κ1) is 34.5. The first-order valence-corrected chi connectivity index (χ1v) is 14.9. The summed E-state index contributed by atoms with van der Waals surface area (Å²) in [6.07, 6.45) is -10.5. The van der Waals surface area contributed by atoms with Gasteiger partial charge in [0.25, 0.3) is 6.36 Å². The SMILES string of the molecule is CC(ONC(=O)/N=C1\SCC(=O)N1c1cc(Cl)ccc1OC(F)C(F)F)c1ccc(-c2ncn(-c3ccc(OC(F)(F)F)cc3)n2)cc1. The van der Waals surface area contributed by atoms with Crippen LogP contribution in [0.4, 0.5) is 36.8 Å². The van der Waals surface area contributed by atoms with E-state index >= 15 is 0 Å². The normalized spacial score (nSPS) is 15.6. The fourth-order valence-electron chi connectivity index (χ4n) is 4.16. The molecule has 1 aliphatic rings. The van der Waals surface area contributed by atoms with E-state index in [0.29, 0.717) is 22.6 Å². The second-order valence-corrected chi connectivity index (χ2v) is 11.1. The van der Waals surface area contributed by atoms with Crippen molar-refractivity contribution >= 4 is 46.2 Å². The van der Waals surface area contributed by atoms with Gasteiger partial charge in [0.15, 0.2) is 11.0 Å². The van der Waals surface area contributed by atoms with Gasteiger partial charge in [-0.1, -0.05) is 47.6 Å². The van der Waals surface area contributed by atoms with Crippen LogP contribution in [0.3, 0.4) is 0 Å². The summed E-state index contributed by atoms with van der Waals surface area (Å²) in [5, 5.41) is 4.27. The monoisotopic (exact) mass is 714 g/mol. The summed E-state index contributed by atoms with van der Waals surface area (Å²) in [4.78, 5) is 39.6. The number of hydroxylamine groups is 1. The number of amidine groups is 1. The second-order valence-electron chi connectivity index (χ2n) is 9.67. The fourth-order valence-corrected chi connectivity index (χ4v) is 5.18. The van der Waals surface area contributed by atoms with Crippen LogP contribution in [0, 0.1) is 0 Å². The van der Waals surface area contributed by atoms with E-state index in [0.717, 1.165) is 34.9 Å². The molecule has 0 saturated carbocycles. The highest BCUT2D eigenvalue weighted by molar-refractivity contribution is 8.15. The maximum Gasteiger partial charge on any atom is 0.573 e. The third-order valence-electron chi connectivity index (χ3n) is 6.35. The van der Waals surface area contributed by atoms with Crippen molar-refractivity contribution in [2.24, 2.45) is 4.99 Å². The standard InChI is InChI=1S/C29H21ClF6N6O5S/c1-15(16-2-4-17(5-3-16)26-37-14-41(39-26)19-7-9-20(10-8-19)46-29(34,35)36)47-40-27(44)38-28-42(23(43)13-48-28)21-12-18(30)6-11-22(21)45-25(33)24(31)32/h2-12,14-15,24-25H,13H2,1H3,(H,40,44)/b38-28-. The Kier molecular flexibility index (Phi) is 10.4. The number of carbonyl (C=O) groups is 2. The highest BCUT2D eigenvalue weighted by Crippen LogP contribution is 2.37. The summed E-state index contributed by atoms with van der Waals surface area (Å²) in [7, 11) is 0. The predicted molar refractivity (Wildman–Crippen MR) is 162 cm³/mol. The van der Waals surface area contributed by atoms with Crippen molar-refractivity contribution in [2.75, 3.05) is 10.7 Å². The minimum atomic E-state index is -4.81. The number of ether oxygens (including phenoxy) is 2. The first-order chi connectivity index (χ1) is 22.8. The summed E-state index contributed by atoms with van der Waals surface area (Å²) < 4.78 is 86.3. The Morgan fingerprint density at radius 2 is 1.77 bits per heavy atom. The van der Waals surface area contributed by atoms with Crippen LogP contribution in [-0.2, 0) is 9.63 Å². The minimum Gasteiger partial charge on any atom is -0.452 e. The van der Waals surface area contributed by atoms with Gasteiger partial charge in [0.2, 0.25) is 5.91 Å². The Morgan fingerprint density at radius 1 is 1.06 bits per heavy atom. The van der Waals surface area contributed by atoms with Crippen LogP contribution in [0.5, 0.6) is 11.5 Å². The van der Waals surface area contributed by atoms with E-state index < -0.39 is 42.9 Å². The summed E-state index contributed by atoms with van der Waals surface area (Å²) >= 11 is 6.87. The fraction of sp³-hybridized carbons (Fsp3) is 0.207. The van der Waals surface area contributed by atoms with Crippen molar-refractivity contribution in [3.63, 3.8) is 0 Å². The van der Waals surface area contributed by atoms with E-state index in [4.69, 9.17) is 16.4 Å². The summed E-state index contributed by atoms with van der Waals surface area (Å²) in [6, 6.07) is 14.4. The molecule has 0 bridgehead atoms. The number of hydrogen-bond donors (Lipinski definition) is 1. The molecule has 0 radical (unpaired) electrons. The Labute approximate surface area is 276 Å². The maximum atomic E-state index is 13.7. The Morgan fingerprint density at radius 3 is 2.44 bits per heavy atom. The third-order valence-corrected chi connectivity index (χ3v) is 7.51. The lowest BCUT2D eigenvalue weighted by Crippen LogP contribution is -2.32. The summed E-state index contributed by atoms with van der Waals surface area (Å²) in [5.41, 5.74) is 3.66. The molecule has 2 heterocycles. The molecule has 3 aromatic carbocycles. The van der Waals surface area contributed by atoms with E-state index in [2.05, 4.69) is 30.0 Å². The Balaban J connectivity index is 1.21. The van der Waals surface area contributed by atoms with E-state index in [1.165, 1.54) is 35.3 Å². The predicted octanol–water partition coefficient (Wildman–Crippen LogP) is 7.26. The second kappa shape index (κ2) is 14.5. The number of halogens is 7. The molecule has 2 atom stereocenters. The van der Waals surface area contributed by atoms with E-state index in [1.807, 2.05) is 0 Å². The summed E-state index contributed by atoms with van der Waals surface area (Å²) in [5.74, 6) is -1.22. The van der Waals surface area contributed by atoms with Crippen LogP contribution in [0.25, 0.3) is 17.1 Å². The van der Waals surface area contributed by atoms with Gasteiger partial charge in [0.05, 0.1) is 17.1 Å². The van der Waals surface area contributed by atoms with Gasteiger partial charge in [0, 0.05) is 10.6 Å². The topological polar surface area (TPSA) is 120 Å². The van der Waals surface area contributed by atoms with Gasteiger partial charge in [-0.3, -0.25) is 14.5 Å². The number of benzene rings is 3. The molecule has 11 nitrogen and oxygen atoms in total. The highest BCUT2D eigenvalue weighted by Gasteiger charge is 2.34.